The Kier molecular flexibility index (Phi) is 4.84. The lowest BCUT2D eigenvalue weighted by Crippen LogP contribution is -2.38. The lowest BCUT2D eigenvalue weighted by atomic mass is 9.89. The summed E-state index contributed by atoms with van der Waals surface area (Å²) in [5, 5.41) is 1.11. The van der Waals surface area contributed by atoms with Crippen molar-refractivity contribution in [2.45, 2.75) is 38.1 Å². The van der Waals surface area contributed by atoms with Crippen molar-refractivity contribution in [1.82, 2.24) is 5.06 Å². The average Bonchev–Trinajstić information content (AvgIpc) is 3.06. The number of amides is 1. The molecule has 1 fully saturated rings. The summed E-state index contributed by atoms with van der Waals surface area (Å²) in [4.78, 5) is 31.0. The van der Waals surface area contributed by atoms with Gasteiger partial charge in [-0.1, -0.05) is 67.8 Å². The molecule has 0 saturated heterocycles. The zero-order valence-corrected chi connectivity index (χ0v) is 15.4. The van der Waals surface area contributed by atoms with E-state index < -0.39 is 12.1 Å². The van der Waals surface area contributed by atoms with Gasteiger partial charge < -0.3 is 9.57 Å². The van der Waals surface area contributed by atoms with Crippen LogP contribution in [0.1, 0.15) is 49.3 Å². The summed E-state index contributed by atoms with van der Waals surface area (Å²) in [5.41, 5.74) is 3.95. The SMILES string of the molecule is COC(=O)N(OC(=O)C1CCCCC1)C1c2ccccc2-c2ccccc21. The first-order chi connectivity index (χ1) is 13.2. The second-order valence-corrected chi connectivity index (χ2v) is 7.12. The highest BCUT2D eigenvalue weighted by Gasteiger charge is 2.39. The predicted molar refractivity (Wildman–Crippen MR) is 101 cm³/mol. The number of fused-ring (bicyclic) bond motifs is 3. The molecule has 4 rings (SSSR count). The summed E-state index contributed by atoms with van der Waals surface area (Å²) in [6.07, 6.45) is 4.14. The highest BCUT2D eigenvalue weighted by Crippen LogP contribution is 2.46. The van der Waals surface area contributed by atoms with Gasteiger partial charge in [-0.3, -0.25) is 0 Å². The molecule has 0 bridgehead atoms. The van der Waals surface area contributed by atoms with Crippen LogP contribution in [0.3, 0.4) is 0 Å². The van der Waals surface area contributed by atoms with Gasteiger partial charge in [0.15, 0.2) is 0 Å². The second kappa shape index (κ2) is 7.43. The second-order valence-electron chi connectivity index (χ2n) is 7.12. The van der Waals surface area contributed by atoms with Gasteiger partial charge in [-0.2, -0.15) is 0 Å². The fourth-order valence-electron chi connectivity index (χ4n) is 4.18. The Morgan fingerprint density at radius 3 is 2.00 bits per heavy atom. The first-order valence-corrected chi connectivity index (χ1v) is 9.48. The maximum atomic E-state index is 12.7. The molecular formula is C22H23NO4. The molecule has 0 heterocycles. The molecule has 2 aliphatic rings. The van der Waals surface area contributed by atoms with Crippen LogP contribution in [0.4, 0.5) is 4.79 Å². The van der Waals surface area contributed by atoms with Crippen molar-refractivity contribution in [2.24, 2.45) is 5.92 Å². The molecule has 0 spiro atoms. The van der Waals surface area contributed by atoms with Crippen LogP contribution in [-0.4, -0.2) is 24.2 Å². The molecule has 2 aromatic rings. The summed E-state index contributed by atoms with van der Waals surface area (Å²) in [6, 6.07) is 15.3. The quantitative estimate of drug-likeness (QED) is 0.713. The number of hydrogen-bond acceptors (Lipinski definition) is 4. The summed E-state index contributed by atoms with van der Waals surface area (Å²) < 4.78 is 4.95. The number of carbonyl (C=O) groups excluding carboxylic acids is 2. The number of carbonyl (C=O) groups is 2. The van der Waals surface area contributed by atoms with E-state index in [0.717, 1.165) is 59.4 Å². The molecule has 1 saturated carbocycles. The fourth-order valence-corrected chi connectivity index (χ4v) is 4.18. The van der Waals surface area contributed by atoms with E-state index >= 15 is 0 Å². The number of methoxy groups -OCH3 is 1. The van der Waals surface area contributed by atoms with Gasteiger partial charge in [0.1, 0.15) is 6.04 Å². The molecule has 0 N–H and O–H groups in total. The number of benzene rings is 2. The Bertz CT molecular complexity index is 811. The van der Waals surface area contributed by atoms with Crippen molar-refractivity contribution in [3.8, 4) is 11.1 Å². The van der Waals surface area contributed by atoms with Crippen LogP contribution in [0.15, 0.2) is 48.5 Å². The Hall–Kier alpha value is -2.82. The third-order valence-corrected chi connectivity index (χ3v) is 5.52. The lowest BCUT2D eigenvalue weighted by Gasteiger charge is -2.29. The van der Waals surface area contributed by atoms with Crippen LogP contribution in [0.2, 0.25) is 0 Å². The molecule has 140 valence electrons. The average molecular weight is 365 g/mol. The first kappa shape index (κ1) is 17.6. The number of ether oxygens (including phenoxy) is 1. The van der Waals surface area contributed by atoms with Crippen molar-refractivity contribution >= 4 is 12.1 Å². The Balaban J connectivity index is 1.70. The van der Waals surface area contributed by atoms with Crippen molar-refractivity contribution in [3.63, 3.8) is 0 Å². The van der Waals surface area contributed by atoms with E-state index in [0.29, 0.717) is 0 Å². The van der Waals surface area contributed by atoms with E-state index in [2.05, 4.69) is 0 Å². The van der Waals surface area contributed by atoms with Crippen molar-refractivity contribution in [2.75, 3.05) is 7.11 Å². The highest BCUT2D eigenvalue weighted by molar-refractivity contribution is 5.82. The Labute approximate surface area is 158 Å². The highest BCUT2D eigenvalue weighted by atomic mass is 16.8. The molecule has 0 aliphatic heterocycles. The number of hydrogen-bond donors (Lipinski definition) is 0. The van der Waals surface area contributed by atoms with Gasteiger partial charge >= 0.3 is 12.1 Å². The monoisotopic (exact) mass is 365 g/mol. The van der Waals surface area contributed by atoms with E-state index in [9.17, 15) is 9.59 Å². The van der Waals surface area contributed by atoms with Gasteiger partial charge in [-0.05, 0) is 35.1 Å². The molecule has 0 radical (unpaired) electrons. The zero-order valence-electron chi connectivity index (χ0n) is 15.4. The summed E-state index contributed by atoms with van der Waals surface area (Å²) in [5.74, 6) is -0.500. The number of hydroxylamine groups is 2. The van der Waals surface area contributed by atoms with E-state index in [1.807, 2.05) is 48.5 Å². The minimum absolute atomic E-state index is 0.155. The van der Waals surface area contributed by atoms with Crippen molar-refractivity contribution in [1.29, 1.82) is 0 Å². The lowest BCUT2D eigenvalue weighted by molar-refractivity contribution is -0.193. The smallest absolute Gasteiger partial charge is 0.443 e. The largest absolute Gasteiger partial charge is 0.451 e. The molecule has 1 amide bonds. The molecule has 5 heteroatoms. The molecule has 2 aromatic carbocycles. The van der Waals surface area contributed by atoms with Crippen LogP contribution in [0.25, 0.3) is 11.1 Å². The predicted octanol–water partition coefficient (Wildman–Crippen LogP) is 4.86. The Morgan fingerprint density at radius 2 is 1.44 bits per heavy atom. The van der Waals surface area contributed by atoms with Gasteiger partial charge in [0.05, 0.1) is 13.0 Å². The summed E-state index contributed by atoms with van der Waals surface area (Å²) >= 11 is 0. The standard InChI is InChI=1S/C22H23NO4/c1-26-22(25)23(27-21(24)15-9-3-2-4-10-15)20-18-13-7-5-11-16(18)17-12-6-8-14-19(17)20/h5-8,11-15,20H,2-4,9-10H2,1H3. The number of nitrogens with zero attached hydrogens (tertiary/aromatic N) is 1. The molecule has 0 unspecified atom stereocenters. The third-order valence-electron chi connectivity index (χ3n) is 5.52. The fraction of sp³-hybridized carbons (Fsp3) is 0.364. The van der Waals surface area contributed by atoms with Crippen LogP contribution < -0.4 is 0 Å². The van der Waals surface area contributed by atoms with Crippen LogP contribution >= 0.6 is 0 Å². The number of rotatable bonds is 2. The third kappa shape index (κ3) is 3.18. The van der Waals surface area contributed by atoms with Gasteiger partial charge in [-0.15, -0.1) is 5.06 Å². The van der Waals surface area contributed by atoms with E-state index in [-0.39, 0.29) is 11.9 Å². The molecule has 27 heavy (non-hydrogen) atoms. The van der Waals surface area contributed by atoms with Gasteiger partial charge in [0.25, 0.3) is 0 Å². The first-order valence-electron chi connectivity index (χ1n) is 9.48. The van der Waals surface area contributed by atoms with Gasteiger partial charge in [-0.25, -0.2) is 9.59 Å². The Morgan fingerprint density at radius 1 is 0.889 bits per heavy atom. The normalized spacial score (nSPS) is 16.3. The van der Waals surface area contributed by atoms with E-state index in [4.69, 9.17) is 9.57 Å². The zero-order chi connectivity index (χ0) is 18.8. The maximum Gasteiger partial charge on any atom is 0.443 e. The van der Waals surface area contributed by atoms with Crippen LogP contribution in [-0.2, 0) is 14.4 Å². The molecular weight excluding hydrogens is 342 g/mol. The summed E-state index contributed by atoms with van der Waals surface area (Å²) in [7, 11) is 1.30. The van der Waals surface area contributed by atoms with Crippen molar-refractivity contribution in [3.05, 3.63) is 59.7 Å². The van der Waals surface area contributed by atoms with E-state index in [1.165, 1.54) is 7.11 Å². The van der Waals surface area contributed by atoms with Gasteiger partial charge in [0.2, 0.25) is 0 Å². The molecule has 5 nitrogen and oxygen atoms in total. The van der Waals surface area contributed by atoms with Crippen molar-refractivity contribution < 1.29 is 19.2 Å². The van der Waals surface area contributed by atoms with Crippen LogP contribution in [0.5, 0.6) is 0 Å². The molecule has 0 aromatic heterocycles. The van der Waals surface area contributed by atoms with Crippen LogP contribution in [0, 0.1) is 5.92 Å². The van der Waals surface area contributed by atoms with Gasteiger partial charge in [0, 0.05) is 0 Å². The minimum Gasteiger partial charge on any atom is -0.451 e. The topological polar surface area (TPSA) is 55.8 Å². The maximum absolute atomic E-state index is 12.7. The molecule has 2 aliphatic carbocycles. The minimum atomic E-state index is -0.671. The summed E-state index contributed by atoms with van der Waals surface area (Å²) in [6.45, 7) is 0. The van der Waals surface area contributed by atoms with E-state index in [1.54, 1.807) is 0 Å². The molecule has 0 atom stereocenters.